The van der Waals surface area contributed by atoms with Crippen LogP contribution in [0.4, 0.5) is 4.79 Å². The highest BCUT2D eigenvalue weighted by Gasteiger charge is 2.30. The second-order valence-electron chi connectivity index (χ2n) is 5.92. The van der Waals surface area contributed by atoms with E-state index in [1.54, 1.807) is 30.1 Å². The largest absolute Gasteiger partial charge is 0.344 e. The summed E-state index contributed by atoms with van der Waals surface area (Å²) < 4.78 is 0. The van der Waals surface area contributed by atoms with Gasteiger partial charge in [-0.25, -0.2) is 4.79 Å². The van der Waals surface area contributed by atoms with Gasteiger partial charge in [-0.3, -0.25) is 9.78 Å². The van der Waals surface area contributed by atoms with E-state index in [1.807, 2.05) is 30.5 Å². The molecule has 0 unspecified atom stereocenters. The number of nitrogens with zero attached hydrogens (tertiary/aromatic N) is 3. The second kappa shape index (κ2) is 6.24. The molecule has 0 bridgehead atoms. The Morgan fingerprint density at radius 3 is 3.00 bits per heavy atom. The highest BCUT2D eigenvalue weighted by molar-refractivity contribution is 5.89. The number of urea groups is 1. The zero-order valence-corrected chi connectivity index (χ0v) is 13.3. The number of aromatic nitrogens is 1. The quantitative estimate of drug-likeness (QED) is 0.936. The number of pyridine rings is 1. The van der Waals surface area contributed by atoms with Gasteiger partial charge in [0.1, 0.15) is 6.04 Å². The van der Waals surface area contributed by atoms with Crippen molar-refractivity contribution in [2.45, 2.75) is 19.0 Å². The molecule has 3 amide bonds. The van der Waals surface area contributed by atoms with Crippen LogP contribution in [0.1, 0.15) is 12.0 Å². The van der Waals surface area contributed by atoms with Gasteiger partial charge in [-0.1, -0.05) is 18.2 Å². The molecular weight excluding hydrogens is 292 g/mol. The average Bonchev–Trinajstić information content (AvgIpc) is 2.87. The van der Waals surface area contributed by atoms with Crippen molar-refractivity contribution in [1.29, 1.82) is 0 Å². The number of nitrogens with one attached hydrogen (secondary N) is 1. The van der Waals surface area contributed by atoms with E-state index in [0.717, 1.165) is 16.3 Å². The van der Waals surface area contributed by atoms with Crippen molar-refractivity contribution in [2.24, 2.45) is 0 Å². The number of amides is 3. The molecule has 1 aliphatic heterocycles. The van der Waals surface area contributed by atoms with Crippen LogP contribution in [0.5, 0.6) is 0 Å². The van der Waals surface area contributed by atoms with Crippen LogP contribution in [0, 0.1) is 0 Å². The van der Waals surface area contributed by atoms with Crippen molar-refractivity contribution in [3.63, 3.8) is 0 Å². The maximum Gasteiger partial charge on any atom is 0.318 e. The molecule has 0 spiro atoms. The fraction of sp³-hybridized carbons (Fsp3) is 0.353. The third-order valence-corrected chi connectivity index (χ3v) is 4.25. The van der Waals surface area contributed by atoms with Crippen molar-refractivity contribution < 1.29 is 9.59 Å². The first-order valence-electron chi connectivity index (χ1n) is 7.64. The smallest absolute Gasteiger partial charge is 0.318 e. The van der Waals surface area contributed by atoms with Gasteiger partial charge >= 0.3 is 6.03 Å². The van der Waals surface area contributed by atoms with Crippen molar-refractivity contribution >= 4 is 22.7 Å². The Morgan fingerprint density at radius 2 is 2.26 bits per heavy atom. The lowest BCUT2D eigenvalue weighted by atomic mass is 10.1. The van der Waals surface area contributed by atoms with Crippen molar-refractivity contribution in [1.82, 2.24) is 20.1 Å². The molecule has 3 rings (SSSR count). The predicted octanol–water partition coefficient (Wildman–Crippen LogP) is 1.61. The van der Waals surface area contributed by atoms with E-state index < -0.39 is 6.04 Å². The summed E-state index contributed by atoms with van der Waals surface area (Å²) in [6.45, 7) is 1.16. The Labute approximate surface area is 135 Å². The molecule has 1 aromatic carbocycles. The monoisotopic (exact) mass is 312 g/mol. The SMILES string of the molecule is CN(Cc1cccc2cnccc12)C(=O)N[C@H]1CCN(C)C1=O. The minimum absolute atomic E-state index is 0.0250. The fourth-order valence-corrected chi connectivity index (χ4v) is 2.87. The molecule has 0 radical (unpaired) electrons. The third-order valence-electron chi connectivity index (χ3n) is 4.25. The Morgan fingerprint density at radius 1 is 1.43 bits per heavy atom. The van der Waals surface area contributed by atoms with Gasteiger partial charge in [0, 0.05) is 45.0 Å². The summed E-state index contributed by atoms with van der Waals surface area (Å²) in [4.78, 5) is 31.6. The van der Waals surface area contributed by atoms with E-state index in [0.29, 0.717) is 19.5 Å². The van der Waals surface area contributed by atoms with Gasteiger partial charge in [0.25, 0.3) is 0 Å². The molecule has 1 aromatic heterocycles. The van der Waals surface area contributed by atoms with E-state index in [9.17, 15) is 9.59 Å². The molecule has 1 N–H and O–H groups in total. The summed E-state index contributed by atoms with van der Waals surface area (Å²) in [7, 11) is 3.49. The number of hydrogen-bond acceptors (Lipinski definition) is 3. The van der Waals surface area contributed by atoms with Crippen molar-refractivity contribution in [3.8, 4) is 0 Å². The van der Waals surface area contributed by atoms with Crippen LogP contribution in [-0.2, 0) is 11.3 Å². The van der Waals surface area contributed by atoms with Gasteiger partial charge in [-0.2, -0.15) is 0 Å². The first-order chi connectivity index (χ1) is 11.1. The zero-order valence-electron chi connectivity index (χ0n) is 13.3. The van der Waals surface area contributed by atoms with Crippen LogP contribution in [0.2, 0.25) is 0 Å². The normalized spacial score (nSPS) is 17.6. The number of likely N-dealkylation sites (tertiary alicyclic amines) is 1. The maximum absolute atomic E-state index is 12.3. The van der Waals surface area contributed by atoms with E-state index in [1.165, 1.54) is 0 Å². The zero-order chi connectivity index (χ0) is 16.4. The van der Waals surface area contributed by atoms with Gasteiger partial charge in [-0.05, 0) is 23.4 Å². The number of fused-ring (bicyclic) bond motifs is 1. The minimum Gasteiger partial charge on any atom is -0.344 e. The second-order valence-corrected chi connectivity index (χ2v) is 5.92. The summed E-state index contributed by atoms with van der Waals surface area (Å²) in [6, 6.07) is 7.27. The molecular formula is C17H20N4O2. The summed E-state index contributed by atoms with van der Waals surface area (Å²) >= 11 is 0. The predicted molar refractivity (Wildman–Crippen MR) is 87.8 cm³/mol. The standard InChI is InChI=1S/C17H20N4O2/c1-20-9-7-15(16(20)22)19-17(23)21(2)11-13-5-3-4-12-10-18-8-6-14(12)13/h3-6,8,10,15H,7,9,11H2,1-2H3,(H,19,23)/t15-/m0/s1. The highest BCUT2D eigenvalue weighted by atomic mass is 16.2. The van der Waals surface area contributed by atoms with Crippen LogP contribution in [0.25, 0.3) is 10.8 Å². The molecule has 2 heterocycles. The van der Waals surface area contributed by atoms with Crippen molar-refractivity contribution in [2.75, 3.05) is 20.6 Å². The van der Waals surface area contributed by atoms with Gasteiger partial charge in [0.2, 0.25) is 5.91 Å². The fourth-order valence-electron chi connectivity index (χ4n) is 2.87. The lowest BCUT2D eigenvalue weighted by molar-refractivity contribution is -0.128. The highest BCUT2D eigenvalue weighted by Crippen LogP contribution is 2.19. The lowest BCUT2D eigenvalue weighted by Gasteiger charge is -2.21. The molecule has 6 nitrogen and oxygen atoms in total. The van der Waals surface area contributed by atoms with Crippen LogP contribution >= 0.6 is 0 Å². The third kappa shape index (κ3) is 3.11. The Bertz CT molecular complexity index is 741. The Kier molecular flexibility index (Phi) is 4.14. The van der Waals surface area contributed by atoms with E-state index in [2.05, 4.69) is 10.3 Å². The molecule has 120 valence electrons. The average molecular weight is 312 g/mol. The van der Waals surface area contributed by atoms with Gasteiger partial charge in [-0.15, -0.1) is 0 Å². The van der Waals surface area contributed by atoms with Crippen LogP contribution in [0.15, 0.2) is 36.7 Å². The van der Waals surface area contributed by atoms with Gasteiger partial charge in [0.15, 0.2) is 0 Å². The first-order valence-corrected chi connectivity index (χ1v) is 7.64. The summed E-state index contributed by atoms with van der Waals surface area (Å²) in [5, 5.41) is 4.94. The summed E-state index contributed by atoms with van der Waals surface area (Å²) in [5.41, 5.74) is 1.05. The Balaban J connectivity index is 1.69. The van der Waals surface area contributed by atoms with Crippen LogP contribution in [0.3, 0.4) is 0 Å². The molecule has 0 aliphatic carbocycles. The lowest BCUT2D eigenvalue weighted by Crippen LogP contribution is -2.46. The van der Waals surface area contributed by atoms with E-state index >= 15 is 0 Å². The molecule has 1 saturated heterocycles. The Hall–Kier alpha value is -2.63. The van der Waals surface area contributed by atoms with E-state index in [4.69, 9.17) is 0 Å². The van der Waals surface area contributed by atoms with Crippen LogP contribution < -0.4 is 5.32 Å². The molecule has 6 heteroatoms. The van der Waals surface area contributed by atoms with E-state index in [-0.39, 0.29) is 11.9 Å². The maximum atomic E-state index is 12.3. The molecule has 0 saturated carbocycles. The topological polar surface area (TPSA) is 65.5 Å². The summed E-state index contributed by atoms with van der Waals surface area (Å²) in [6.07, 6.45) is 4.22. The minimum atomic E-state index is -0.410. The summed E-state index contributed by atoms with van der Waals surface area (Å²) in [5.74, 6) is -0.0250. The van der Waals surface area contributed by atoms with Crippen molar-refractivity contribution in [3.05, 3.63) is 42.2 Å². The first kappa shape index (κ1) is 15.3. The molecule has 1 atom stereocenters. The number of benzene rings is 1. The number of carbonyl (C=O) groups is 2. The molecule has 23 heavy (non-hydrogen) atoms. The number of hydrogen-bond donors (Lipinski definition) is 1. The number of likely N-dealkylation sites (N-methyl/N-ethyl adjacent to an activating group) is 1. The van der Waals surface area contributed by atoms with Gasteiger partial charge in [0.05, 0.1) is 0 Å². The number of rotatable bonds is 3. The molecule has 1 fully saturated rings. The molecule has 1 aliphatic rings. The number of carbonyl (C=O) groups excluding carboxylic acids is 2. The molecule has 2 aromatic rings. The van der Waals surface area contributed by atoms with Gasteiger partial charge < -0.3 is 15.1 Å². The van der Waals surface area contributed by atoms with Crippen LogP contribution in [-0.4, -0.2) is 53.4 Å².